The highest BCUT2D eigenvalue weighted by Gasteiger charge is 2.02. The molecule has 0 aliphatic rings. The minimum atomic E-state index is 0. The van der Waals surface area contributed by atoms with Gasteiger partial charge in [-0.1, -0.05) is 6.07 Å². The van der Waals surface area contributed by atoms with Gasteiger partial charge in [-0.3, -0.25) is 4.98 Å². The zero-order valence-electron chi connectivity index (χ0n) is 10.1. The third-order valence-electron chi connectivity index (χ3n) is 2.83. The first-order chi connectivity index (χ1) is 8.83. The number of nitrogens with zero attached hydrogens (tertiary/aromatic N) is 2. The SMILES string of the molecule is Br.Oc1cccc(-n2ccc(-c3ccncc3)c2)c1. The van der Waals surface area contributed by atoms with E-state index in [2.05, 4.69) is 4.98 Å². The van der Waals surface area contributed by atoms with Crippen molar-refractivity contribution >= 4 is 17.0 Å². The monoisotopic (exact) mass is 316 g/mol. The minimum absolute atomic E-state index is 0. The fourth-order valence-corrected chi connectivity index (χ4v) is 1.93. The van der Waals surface area contributed by atoms with E-state index in [1.54, 1.807) is 24.5 Å². The van der Waals surface area contributed by atoms with E-state index in [9.17, 15) is 5.11 Å². The molecular formula is C15H13BrN2O. The van der Waals surface area contributed by atoms with Gasteiger partial charge in [-0.15, -0.1) is 17.0 Å². The molecule has 0 radical (unpaired) electrons. The lowest BCUT2D eigenvalue weighted by Crippen LogP contribution is -1.88. The maximum atomic E-state index is 9.48. The molecule has 1 N–H and O–H groups in total. The molecule has 3 aromatic rings. The van der Waals surface area contributed by atoms with E-state index in [4.69, 9.17) is 0 Å². The molecule has 0 unspecified atom stereocenters. The van der Waals surface area contributed by atoms with Gasteiger partial charge in [0.25, 0.3) is 0 Å². The standard InChI is InChI=1S/C15H12N2O.BrH/c18-15-3-1-2-14(10-15)17-9-6-13(11-17)12-4-7-16-8-5-12;/h1-11,18H;1H. The largest absolute Gasteiger partial charge is 0.508 e. The molecule has 0 aliphatic carbocycles. The number of pyridine rings is 1. The van der Waals surface area contributed by atoms with Gasteiger partial charge < -0.3 is 9.67 Å². The Labute approximate surface area is 121 Å². The van der Waals surface area contributed by atoms with E-state index in [0.717, 1.165) is 16.8 Å². The molecule has 0 saturated carbocycles. The molecule has 0 bridgehead atoms. The van der Waals surface area contributed by atoms with Gasteiger partial charge >= 0.3 is 0 Å². The smallest absolute Gasteiger partial charge is 0.117 e. The third-order valence-corrected chi connectivity index (χ3v) is 2.83. The lowest BCUT2D eigenvalue weighted by molar-refractivity contribution is 0.475. The number of phenolic OH excluding ortho intramolecular Hbond substituents is 1. The fourth-order valence-electron chi connectivity index (χ4n) is 1.93. The Kier molecular flexibility index (Phi) is 4.02. The highest BCUT2D eigenvalue weighted by atomic mass is 79.9. The Morgan fingerprint density at radius 3 is 2.47 bits per heavy atom. The van der Waals surface area contributed by atoms with Crippen molar-refractivity contribution in [2.45, 2.75) is 0 Å². The van der Waals surface area contributed by atoms with Crippen LogP contribution in [-0.4, -0.2) is 14.7 Å². The summed E-state index contributed by atoms with van der Waals surface area (Å²) in [5.41, 5.74) is 3.19. The summed E-state index contributed by atoms with van der Waals surface area (Å²) in [5, 5.41) is 9.48. The van der Waals surface area contributed by atoms with Crippen LogP contribution in [0.25, 0.3) is 16.8 Å². The van der Waals surface area contributed by atoms with E-state index < -0.39 is 0 Å². The van der Waals surface area contributed by atoms with E-state index >= 15 is 0 Å². The summed E-state index contributed by atoms with van der Waals surface area (Å²) in [4.78, 5) is 4.01. The van der Waals surface area contributed by atoms with E-state index in [1.807, 2.05) is 47.3 Å². The van der Waals surface area contributed by atoms with Crippen LogP contribution in [0.5, 0.6) is 5.75 Å². The molecule has 96 valence electrons. The summed E-state index contributed by atoms with van der Waals surface area (Å²) in [6, 6.07) is 13.2. The molecule has 0 atom stereocenters. The van der Waals surface area contributed by atoms with Crippen molar-refractivity contribution in [3.05, 3.63) is 67.3 Å². The number of rotatable bonds is 2. The van der Waals surface area contributed by atoms with Crippen LogP contribution in [0.4, 0.5) is 0 Å². The van der Waals surface area contributed by atoms with Gasteiger partial charge in [0.15, 0.2) is 0 Å². The number of phenols is 1. The van der Waals surface area contributed by atoms with Crippen molar-refractivity contribution < 1.29 is 5.11 Å². The molecule has 0 fully saturated rings. The zero-order chi connectivity index (χ0) is 12.4. The molecule has 2 aromatic heterocycles. The van der Waals surface area contributed by atoms with Crippen LogP contribution in [0.2, 0.25) is 0 Å². The van der Waals surface area contributed by atoms with Crippen molar-refractivity contribution in [3.63, 3.8) is 0 Å². The Hall–Kier alpha value is -2.07. The molecule has 3 rings (SSSR count). The van der Waals surface area contributed by atoms with Crippen LogP contribution in [0.15, 0.2) is 67.3 Å². The molecule has 1 aromatic carbocycles. The lowest BCUT2D eigenvalue weighted by atomic mass is 10.1. The van der Waals surface area contributed by atoms with Crippen LogP contribution >= 0.6 is 17.0 Å². The Morgan fingerprint density at radius 1 is 0.947 bits per heavy atom. The summed E-state index contributed by atoms with van der Waals surface area (Å²) < 4.78 is 1.98. The van der Waals surface area contributed by atoms with Crippen molar-refractivity contribution in [2.24, 2.45) is 0 Å². The van der Waals surface area contributed by atoms with E-state index in [-0.39, 0.29) is 22.7 Å². The predicted molar refractivity (Wildman–Crippen MR) is 81.0 cm³/mol. The predicted octanol–water partition coefficient (Wildman–Crippen LogP) is 3.82. The fraction of sp³-hybridized carbons (Fsp3) is 0. The molecule has 0 saturated heterocycles. The second-order valence-electron chi connectivity index (χ2n) is 4.06. The molecule has 19 heavy (non-hydrogen) atoms. The van der Waals surface area contributed by atoms with E-state index in [0.29, 0.717) is 0 Å². The Balaban J connectivity index is 0.00000133. The van der Waals surface area contributed by atoms with Crippen LogP contribution in [-0.2, 0) is 0 Å². The highest BCUT2D eigenvalue weighted by Crippen LogP contribution is 2.22. The maximum absolute atomic E-state index is 9.48. The molecule has 3 nitrogen and oxygen atoms in total. The van der Waals surface area contributed by atoms with Gasteiger partial charge in [0.1, 0.15) is 5.75 Å². The van der Waals surface area contributed by atoms with Gasteiger partial charge in [-0.2, -0.15) is 0 Å². The highest BCUT2D eigenvalue weighted by molar-refractivity contribution is 8.93. The molecule has 0 spiro atoms. The van der Waals surface area contributed by atoms with Crippen molar-refractivity contribution in [1.29, 1.82) is 0 Å². The van der Waals surface area contributed by atoms with Crippen molar-refractivity contribution in [1.82, 2.24) is 9.55 Å². The Bertz CT molecular complexity index is 665. The molecule has 0 amide bonds. The van der Waals surface area contributed by atoms with Crippen molar-refractivity contribution in [2.75, 3.05) is 0 Å². The molecular weight excluding hydrogens is 304 g/mol. The second kappa shape index (κ2) is 5.71. The Morgan fingerprint density at radius 2 is 1.74 bits per heavy atom. The minimum Gasteiger partial charge on any atom is -0.508 e. The number of aromatic hydroxyl groups is 1. The lowest BCUT2D eigenvalue weighted by Gasteiger charge is -2.02. The zero-order valence-corrected chi connectivity index (χ0v) is 11.8. The summed E-state index contributed by atoms with van der Waals surface area (Å²) in [6.45, 7) is 0. The van der Waals surface area contributed by atoms with Gasteiger partial charge in [0.05, 0.1) is 0 Å². The number of hydrogen-bond donors (Lipinski definition) is 1. The van der Waals surface area contributed by atoms with Crippen molar-refractivity contribution in [3.8, 4) is 22.6 Å². The molecule has 2 heterocycles. The molecule has 0 aliphatic heterocycles. The van der Waals surface area contributed by atoms with Gasteiger partial charge in [0.2, 0.25) is 0 Å². The maximum Gasteiger partial charge on any atom is 0.117 e. The number of hydrogen-bond acceptors (Lipinski definition) is 2. The first kappa shape index (κ1) is 13.4. The van der Waals surface area contributed by atoms with Gasteiger partial charge in [0, 0.05) is 36.5 Å². The summed E-state index contributed by atoms with van der Waals surface area (Å²) in [5.74, 6) is 0.270. The van der Waals surface area contributed by atoms with Crippen LogP contribution in [0.3, 0.4) is 0 Å². The summed E-state index contributed by atoms with van der Waals surface area (Å²) >= 11 is 0. The van der Waals surface area contributed by atoms with Crippen LogP contribution < -0.4 is 0 Å². The quantitative estimate of drug-likeness (QED) is 0.780. The van der Waals surface area contributed by atoms with E-state index in [1.165, 1.54) is 0 Å². The first-order valence-electron chi connectivity index (χ1n) is 5.71. The van der Waals surface area contributed by atoms with Gasteiger partial charge in [-0.25, -0.2) is 0 Å². The number of aromatic nitrogens is 2. The summed E-state index contributed by atoms with van der Waals surface area (Å²) in [6.07, 6.45) is 7.57. The third kappa shape index (κ3) is 2.85. The normalized spacial score (nSPS) is 9.89. The first-order valence-corrected chi connectivity index (χ1v) is 5.71. The van der Waals surface area contributed by atoms with Gasteiger partial charge in [-0.05, 0) is 41.5 Å². The second-order valence-corrected chi connectivity index (χ2v) is 4.06. The van der Waals surface area contributed by atoms with Crippen LogP contribution in [0.1, 0.15) is 0 Å². The molecule has 4 heteroatoms. The average molecular weight is 317 g/mol. The average Bonchev–Trinajstić information content (AvgIpc) is 2.89. The number of halogens is 1. The summed E-state index contributed by atoms with van der Waals surface area (Å²) in [7, 11) is 0. The van der Waals surface area contributed by atoms with Crippen LogP contribution in [0, 0.1) is 0 Å². The number of benzene rings is 1. The topological polar surface area (TPSA) is 38.0 Å².